The number of allylic oxidation sites excluding steroid dienone is 10. The van der Waals surface area contributed by atoms with E-state index >= 15 is 0 Å². The van der Waals surface area contributed by atoms with Gasteiger partial charge in [0, 0.05) is 16.7 Å². The van der Waals surface area contributed by atoms with Gasteiger partial charge in [0.2, 0.25) is 0 Å². The summed E-state index contributed by atoms with van der Waals surface area (Å²) in [5, 5.41) is 0. The molecular weight excluding hydrogens is 667 g/mol. The Morgan fingerprint density at radius 2 is 1.13 bits per heavy atom. The second-order valence-electron chi connectivity index (χ2n) is 14.7. The van der Waals surface area contributed by atoms with E-state index in [9.17, 15) is 0 Å². The van der Waals surface area contributed by atoms with E-state index in [4.69, 9.17) is 15.0 Å². The molecule has 0 bridgehead atoms. The normalized spacial score (nSPS) is 17.3. The molecular formula is C52H43N3. The van der Waals surface area contributed by atoms with Crippen LogP contribution in [-0.2, 0) is 5.41 Å². The van der Waals surface area contributed by atoms with Crippen LogP contribution in [0.5, 0.6) is 0 Å². The summed E-state index contributed by atoms with van der Waals surface area (Å²) in [6.07, 6.45) is 19.1. The Balaban J connectivity index is 1.21. The van der Waals surface area contributed by atoms with Crippen LogP contribution in [0.15, 0.2) is 182 Å². The second-order valence-corrected chi connectivity index (χ2v) is 14.7. The van der Waals surface area contributed by atoms with Crippen molar-refractivity contribution in [3.63, 3.8) is 0 Å². The summed E-state index contributed by atoms with van der Waals surface area (Å²) < 4.78 is 0. The molecule has 9 rings (SSSR count). The molecule has 3 aliphatic rings. The van der Waals surface area contributed by atoms with Gasteiger partial charge in [-0.25, -0.2) is 15.0 Å². The van der Waals surface area contributed by atoms with Crippen molar-refractivity contribution in [1.29, 1.82) is 0 Å². The number of aromatic nitrogens is 3. The van der Waals surface area contributed by atoms with E-state index in [2.05, 4.69) is 172 Å². The fourth-order valence-electron chi connectivity index (χ4n) is 8.59. The molecule has 3 aliphatic carbocycles. The molecule has 1 heterocycles. The van der Waals surface area contributed by atoms with Crippen LogP contribution in [0.4, 0.5) is 0 Å². The van der Waals surface area contributed by atoms with Crippen molar-refractivity contribution in [2.45, 2.75) is 44.4 Å². The highest BCUT2D eigenvalue weighted by Gasteiger charge is 2.46. The molecule has 1 unspecified atom stereocenters. The number of rotatable bonds is 8. The maximum Gasteiger partial charge on any atom is 0.164 e. The number of nitrogens with zero attached hydrogens (tertiary/aromatic N) is 3. The minimum Gasteiger partial charge on any atom is -0.208 e. The zero-order valence-corrected chi connectivity index (χ0v) is 31.3. The Morgan fingerprint density at radius 1 is 0.564 bits per heavy atom. The highest BCUT2D eigenvalue weighted by molar-refractivity contribution is 5.97. The number of hydrogen-bond donors (Lipinski definition) is 0. The van der Waals surface area contributed by atoms with Crippen molar-refractivity contribution in [3.8, 4) is 56.4 Å². The van der Waals surface area contributed by atoms with E-state index in [-0.39, 0.29) is 0 Å². The minimum absolute atomic E-state index is 0.460. The smallest absolute Gasteiger partial charge is 0.164 e. The lowest BCUT2D eigenvalue weighted by molar-refractivity contribution is 0.777. The molecule has 0 saturated heterocycles. The summed E-state index contributed by atoms with van der Waals surface area (Å²) in [6.45, 7) is 11.1. The maximum atomic E-state index is 5.22. The zero-order valence-electron chi connectivity index (χ0n) is 31.3. The quantitative estimate of drug-likeness (QED) is 0.148. The minimum atomic E-state index is -0.460. The summed E-state index contributed by atoms with van der Waals surface area (Å²) in [4.78, 5) is 15.6. The SMILES string of the molecule is C=CC1(C(=C)C)C2=CCCC=C2c2cccc(-c3cccc(-c4nc(-c5cccc(C6=CCCCC=C6)c5)nc(-c5cccc(-c6ccccc6)c5)n4)c3)c21. The van der Waals surface area contributed by atoms with E-state index in [1.165, 1.54) is 45.4 Å². The predicted molar refractivity (Wildman–Crippen MR) is 230 cm³/mol. The van der Waals surface area contributed by atoms with E-state index in [1.54, 1.807) is 0 Å². The fraction of sp³-hybridized carbons (Fsp3) is 0.135. The van der Waals surface area contributed by atoms with Gasteiger partial charge in [-0.1, -0.05) is 152 Å². The van der Waals surface area contributed by atoms with Crippen molar-refractivity contribution in [2.75, 3.05) is 0 Å². The maximum absolute atomic E-state index is 5.22. The third kappa shape index (κ3) is 6.16. The number of hydrogen-bond acceptors (Lipinski definition) is 3. The van der Waals surface area contributed by atoms with Gasteiger partial charge in [-0.15, -0.1) is 6.58 Å². The molecule has 0 saturated carbocycles. The van der Waals surface area contributed by atoms with E-state index in [0.717, 1.165) is 64.6 Å². The molecule has 5 aromatic carbocycles. The van der Waals surface area contributed by atoms with Crippen molar-refractivity contribution in [2.24, 2.45) is 0 Å². The lowest BCUT2D eigenvalue weighted by Gasteiger charge is -2.32. The van der Waals surface area contributed by atoms with Crippen LogP contribution in [0.25, 0.3) is 67.6 Å². The monoisotopic (exact) mass is 709 g/mol. The first-order valence-corrected chi connectivity index (χ1v) is 19.4. The molecule has 3 heteroatoms. The van der Waals surface area contributed by atoms with Gasteiger partial charge in [-0.3, -0.25) is 0 Å². The average molecular weight is 710 g/mol. The summed E-state index contributed by atoms with van der Waals surface area (Å²) in [5.74, 6) is 1.92. The molecule has 0 amide bonds. The Morgan fingerprint density at radius 3 is 1.82 bits per heavy atom. The molecule has 0 fully saturated rings. The number of benzene rings is 5. The second kappa shape index (κ2) is 14.4. The van der Waals surface area contributed by atoms with Crippen molar-refractivity contribution < 1.29 is 0 Å². The van der Waals surface area contributed by atoms with Gasteiger partial charge in [-0.05, 0) is 113 Å². The number of fused-ring (bicyclic) bond motifs is 3. The van der Waals surface area contributed by atoms with Gasteiger partial charge >= 0.3 is 0 Å². The van der Waals surface area contributed by atoms with Crippen molar-refractivity contribution in [3.05, 3.63) is 199 Å². The van der Waals surface area contributed by atoms with Crippen LogP contribution in [0.2, 0.25) is 0 Å². The average Bonchev–Trinajstić information content (AvgIpc) is 3.35. The summed E-state index contributed by atoms with van der Waals surface area (Å²) in [5.41, 5.74) is 15.5. The van der Waals surface area contributed by atoms with Crippen LogP contribution >= 0.6 is 0 Å². The van der Waals surface area contributed by atoms with Crippen molar-refractivity contribution in [1.82, 2.24) is 15.0 Å². The summed E-state index contributed by atoms with van der Waals surface area (Å²) >= 11 is 0. The van der Waals surface area contributed by atoms with Crippen LogP contribution < -0.4 is 0 Å². The third-order valence-corrected chi connectivity index (χ3v) is 11.3. The van der Waals surface area contributed by atoms with E-state index in [1.807, 2.05) is 6.07 Å². The summed E-state index contributed by atoms with van der Waals surface area (Å²) in [7, 11) is 0. The zero-order chi connectivity index (χ0) is 37.4. The molecule has 6 aromatic rings. The van der Waals surface area contributed by atoms with Crippen LogP contribution in [0.1, 0.15) is 55.7 Å². The van der Waals surface area contributed by atoms with Gasteiger partial charge in [0.1, 0.15) is 0 Å². The van der Waals surface area contributed by atoms with Gasteiger partial charge in [-0.2, -0.15) is 0 Å². The first-order valence-electron chi connectivity index (χ1n) is 19.4. The highest BCUT2D eigenvalue weighted by atomic mass is 15.0. The Kier molecular flexibility index (Phi) is 9.00. The van der Waals surface area contributed by atoms with Gasteiger partial charge in [0.05, 0.1) is 5.41 Å². The predicted octanol–water partition coefficient (Wildman–Crippen LogP) is 13.4. The first kappa shape index (κ1) is 34.3. The molecule has 3 nitrogen and oxygen atoms in total. The highest BCUT2D eigenvalue weighted by Crippen LogP contribution is 2.58. The van der Waals surface area contributed by atoms with E-state index < -0.39 is 5.41 Å². The molecule has 0 N–H and O–H groups in total. The van der Waals surface area contributed by atoms with Gasteiger partial charge < -0.3 is 0 Å². The van der Waals surface area contributed by atoms with Gasteiger partial charge in [0.25, 0.3) is 0 Å². The van der Waals surface area contributed by atoms with E-state index in [0.29, 0.717) is 17.5 Å². The molecule has 55 heavy (non-hydrogen) atoms. The third-order valence-electron chi connectivity index (χ3n) is 11.3. The van der Waals surface area contributed by atoms with Gasteiger partial charge in [0.15, 0.2) is 17.5 Å². The standard InChI is InChI=1S/C52H43N3/c1-4-52(35(2)3)47-31-13-12-28-45(47)46-30-17-29-44(48(46)52)40-24-16-27-43(34-40)51-54-49(41-25-14-22-38(32-41)36-18-8-5-6-9-19-36)53-50(55-51)42-26-15-23-39(33-42)37-20-10-7-11-21-37/h4,7-8,10-11,14-34H,1-2,5-6,9,12-13H2,3H3. The lowest BCUT2D eigenvalue weighted by Crippen LogP contribution is -2.24. The summed E-state index contributed by atoms with van der Waals surface area (Å²) in [6, 6.07) is 42.8. The molecule has 1 atom stereocenters. The molecule has 0 spiro atoms. The molecule has 0 radical (unpaired) electrons. The fourth-order valence-corrected chi connectivity index (χ4v) is 8.59. The molecule has 1 aromatic heterocycles. The topological polar surface area (TPSA) is 38.7 Å². The van der Waals surface area contributed by atoms with Crippen LogP contribution in [-0.4, -0.2) is 15.0 Å². The molecule has 0 aliphatic heterocycles. The van der Waals surface area contributed by atoms with Crippen molar-refractivity contribution >= 4 is 11.1 Å². The van der Waals surface area contributed by atoms with Crippen LogP contribution in [0, 0.1) is 0 Å². The van der Waals surface area contributed by atoms with Crippen LogP contribution in [0.3, 0.4) is 0 Å². The lowest BCUT2D eigenvalue weighted by atomic mass is 9.70. The Hall–Kier alpha value is -6.45. The Labute approximate surface area is 324 Å². The molecule has 266 valence electrons. The Bertz CT molecular complexity index is 2620. The largest absolute Gasteiger partial charge is 0.208 e. The first-order chi connectivity index (χ1) is 27.0.